The molecule has 1 aliphatic carbocycles. The summed E-state index contributed by atoms with van der Waals surface area (Å²) < 4.78 is 0. The quantitative estimate of drug-likeness (QED) is 0.654. The summed E-state index contributed by atoms with van der Waals surface area (Å²) >= 11 is 0. The third-order valence-electron chi connectivity index (χ3n) is 4.52. The second-order valence-electron chi connectivity index (χ2n) is 6.35. The van der Waals surface area contributed by atoms with Crippen LogP contribution >= 0.6 is 0 Å². The summed E-state index contributed by atoms with van der Waals surface area (Å²) in [6.07, 6.45) is 4.32. The van der Waals surface area contributed by atoms with Gasteiger partial charge in [0.1, 0.15) is 0 Å². The first-order valence-electron chi connectivity index (χ1n) is 6.25. The standard InChI is InChI=1S/C13H25N/c1-10(2)11-8-14(9-11)12-6-5-7-13(12,3)4/h10-12H,5-9H2,1-4H3. The summed E-state index contributed by atoms with van der Waals surface area (Å²) in [7, 11) is 0. The fourth-order valence-electron chi connectivity index (χ4n) is 3.21. The third-order valence-corrected chi connectivity index (χ3v) is 4.52. The first kappa shape index (κ1) is 10.5. The van der Waals surface area contributed by atoms with Crippen molar-refractivity contribution in [2.45, 2.75) is 53.0 Å². The predicted octanol–water partition coefficient (Wildman–Crippen LogP) is 3.15. The SMILES string of the molecule is CC(C)C1CN(C2CCCC2(C)C)C1. The first-order chi connectivity index (χ1) is 6.50. The fraction of sp³-hybridized carbons (Fsp3) is 1.00. The Kier molecular flexibility index (Phi) is 2.63. The van der Waals surface area contributed by atoms with Crippen LogP contribution in [0.15, 0.2) is 0 Å². The molecule has 1 saturated carbocycles. The molecule has 1 heterocycles. The molecular weight excluding hydrogens is 170 g/mol. The molecule has 0 spiro atoms. The van der Waals surface area contributed by atoms with Gasteiger partial charge in [-0.15, -0.1) is 0 Å². The van der Waals surface area contributed by atoms with Crippen molar-refractivity contribution < 1.29 is 0 Å². The Hall–Kier alpha value is -0.0400. The Bertz CT molecular complexity index is 201. The minimum Gasteiger partial charge on any atom is -0.299 e. The Labute approximate surface area is 88.9 Å². The van der Waals surface area contributed by atoms with Crippen LogP contribution in [0.3, 0.4) is 0 Å². The van der Waals surface area contributed by atoms with E-state index in [1.807, 2.05) is 0 Å². The van der Waals surface area contributed by atoms with E-state index in [0.29, 0.717) is 5.41 Å². The van der Waals surface area contributed by atoms with Gasteiger partial charge in [0, 0.05) is 19.1 Å². The van der Waals surface area contributed by atoms with Gasteiger partial charge in [0.25, 0.3) is 0 Å². The van der Waals surface area contributed by atoms with E-state index in [2.05, 4.69) is 32.6 Å². The molecule has 0 aromatic heterocycles. The molecule has 1 unspecified atom stereocenters. The fourth-order valence-corrected chi connectivity index (χ4v) is 3.21. The maximum Gasteiger partial charge on any atom is 0.0147 e. The molecule has 1 heteroatoms. The molecule has 1 atom stereocenters. The zero-order chi connectivity index (χ0) is 10.3. The molecule has 2 rings (SSSR count). The highest BCUT2D eigenvalue weighted by molar-refractivity contribution is 4.97. The number of hydrogen-bond donors (Lipinski definition) is 0. The lowest BCUT2D eigenvalue weighted by atomic mass is 9.81. The van der Waals surface area contributed by atoms with Gasteiger partial charge < -0.3 is 0 Å². The lowest BCUT2D eigenvalue weighted by Gasteiger charge is -2.49. The van der Waals surface area contributed by atoms with Crippen LogP contribution in [0.5, 0.6) is 0 Å². The van der Waals surface area contributed by atoms with Crippen molar-refractivity contribution in [3.63, 3.8) is 0 Å². The molecule has 14 heavy (non-hydrogen) atoms. The second kappa shape index (κ2) is 3.52. The molecule has 2 fully saturated rings. The van der Waals surface area contributed by atoms with Gasteiger partial charge in [-0.05, 0) is 30.1 Å². The number of nitrogens with zero attached hydrogens (tertiary/aromatic N) is 1. The van der Waals surface area contributed by atoms with Crippen molar-refractivity contribution >= 4 is 0 Å². The van der Waals surface area contributed by atoms with E-state index in [1.165, 1.54) is 32.4 Å². The molecular formula is C13H25N. The summed E-state index contributed by atoms with van der Waals surface area (Å²) in [5.41, 5.74) is 0.585. The van der Waals surface area contributed by atoms with E-state index < -0.39 is 0 Å². The molecule has 0 aromatic rings. The van der Waals surface area contributed by atoms with Crippen LogP contribution in [0.25, 0.3) is 0 Å². The highest BCUT2D eigenvalue weighted by Gasteiger charge is 2.43. The minimum absolute atomic E-state index is 0.585. The van der Waals surface area contributed by atoms with E-state index >= 15 is 0 Å². The van der Waals surface area contributed by atoms with Gasteiger partial charge >= 0.3 is 0 Å². The lowest BCUT2D eigenvalue weighted by Crippen LogP contribution is -2.56. The molecule has 1 aliphatic heterocycles. The normalized spacial score (nSPS) is 33.6. The van der Waals surface area contributed by atoms with Crippen molar-refractivity contribution in [3.05, 3.63) is 0 Å². The highest BCUT2D eigenvalue weighted by Crippen LogP contribution is 2.43. The minimum atomic E-state index is 0.585. The molecule has 0 radical (unpaired) electrons. The highest BCUT2D eigenvalue weighted by atomic mass is 15.2. The molecule has 0 N–H and O–H groups in total. The third kappa shape index (κ3) is 1.71. The van der Waals surface area contributed by atoms with E-state index in [1.54, 1.807) is 0 Å². The summed E-state index contributed by atoms with van der Waals surface area (Å²) in [6, 6.07) is 0.887. The van der Waals surface area contributed by atoms with Gasteiger partial charge in [-0.1, -0.05) is 34.1 Å². The van der Waals surface area contributed by atoms with Gasteiger partial charge in [-0.25, -0.2) is 0 Å². The van der Waals surface area contributed by atoms with E-state index in [9.17, 15) is 0 Å². The monoisotopic (exact) mass is 195 g/mol. The largest absolute Gasteiger partial charge is 0.299 e. The van der Waals surface area contributed by atoms with Crippen LogP contribution in [0.2, 0.25) is 0 Å². The molecule has 1 saturated heterocycles. The van der Waals surface area contributed by atoms with E-state index in [4.69, 9.17) is 0 Å². The van der Waals surface area contributed by atoms with Crippen molar-refractivity contribution in [2.75, 3.05) is 13.1 Å². The zero-order valence-corrected chi connectivity index (χ0v) is 10.2. The van der Waals surface area contributed by atoms with Crippen molar-refractivity contribution in [1.82, 2.24) is 4.90 Å². The van der Waals surface area contributed by atoms with E-state index in [-0.39, 0.29) is 0 Å². The Morgan fingerprint density at radius 3 is 2.29 bits per heavy atom. The Morgan fingerprint density at radius 1 is 1.21 bits per heavy atom. The zero-order valence-electron chi connectivity index (χ0n) is 10.2. The van der Waals surface area contributed by atoms with Gasteiger partial charge in [0.15, 0.2) is 0 Å². The second-order valence-corrected chi connectivity index (χ2v) is 6.35. The number of rotatable bonds is 2. The van der Waals surface area contributed by atoms with Crippen LogP contribution < -0.4 is 0 Å². The smallest absolute Gasteiger partial charge is 0.0147 e. The predicted molar refractivity (Wildman–Crippen MR) is 61.3 cm³/mol. The summed E-state index contributed by atoms with van der Waals surface area (Å²) in [5.74, 6) is 1.86. The van der Waals surface area contributed by atoms with Crippen LogP contribution in [-0.4, -0.2) is 24.0 Å². The first-order valence-corrected chi connectivity index (χ1v) is 6.25. The topological polar surface area (TPSA) is 3.24 Å². The Morgan fingerprint density at radius 2 is 1.86 bits per heavy atom. The molecule has 0 aromatic carbocycles. The summed E-state index contributed by atoms with van der Waals surface area (Å²) in [4.78, 5) is 2.73. The molecule has 0 bridgehead atoms. The summed E-state index contributed by atoms with van der Waals surface area (Å²) in [6.45, 7) is 12.4. The van der Waals surface area contributed by atoms with Crippen molar-refractivity contribution in [2.24, 2.45) is 17.3 Å². The van der Waals surface area contributed by atoms with Crippen molar-refractivity contribution in [3.8, 4) is 0 Å². The number of hydrogen-bond acceptors (Lipinski definition) is 1. The molecule has 2 aliphatic rings. The van der Waals surface area contributed by atoms with Crippen LogP contribution in [0, 0.1) is 17.3 Å². The van der Waals surface area contributed by atoms with Crippen LogP contribution in [0.4, 0.5) is 0 Å². The molecule has 82 valence electrons. The Balaban J connectivity index is 1.87. The average Bonchev–Trinajstić information content (AvgIpc) is 2.27. The van der Waals surface area contributed by atoms with E-state index in [0.717, 1.165) is 17.9 Å². The van der Waals surface area contributed by atoms with Crippen LogP contribution in [-0.2, 0) is 0 Å². The van der Waals surface area contributed by atoms with Gasteiger partial charge in [-0.3, -0.25) is 4.90 Å². The van der Waals surface area contributed by atoms with Crippen LogP contribution in [0.1, 0.15) is 47.0 Å². The van der Waals surface area contributed by atoms with Gasteiger partial charge in [-0.2, -0.15) is 0 Å². The van der Waals surface area contributed by atoms with Gasteiger partial charge in [0.2, 0.25) is 0 Å². The average molecular weight is 195 g/mol. The maximum atomic E-state index is 2.73. The van der Waals surface area contributed by atoms with Gasteiger partial charge in [0.05, 0.1) is 0 Å². The lowest BCUT2D eigenvalue weighted by molar-refractivity contribution is -0.00737. The molecule has 1 nitrogen and oxygen atoms in total. The summed E-state index contributed by atoms with van der Waals surface area (Å²) in [5, 5.41) is 0. The number of likely N-dealkylation sites (tertiary alicyclic amines) is 1. The molecule has 0 amide bonds. The van der Waals surface area contributed by atoms with Crippen molar-refractivity contribution in [1.29, 1.82) is 0 Å². The maximum absolute atomic E-state index is 2.73.